The maximum Gasteiger partial charge on any atom is 0.244 e. The summed E-state index contributed by atoms with van der Waals surface area (Å²) in [4.78, 5) is 43.7. The number of nitrogens with zero attached hydrogens (tertiary/aromatic N) is 1. The highest BCUT2D eigenvalue weighted by molar-refractivity contribution is 5.88. The van der Waals surface area contributed by atoms with Gasteiger partial charge >= 0.3 is 0 Å². The van der Waals surface area contributed by atoms with Crippen LogP contribution in [-0.2, 0) is 19.1 Å². The molecule has 0 saturated carbocycles. The van der Waals surface area contributed by atoms with Crippen molar-refractivity contribution >= 4 is 23.9 Å². The molecule has 0 spiro atoms. The van der Waals surface area contributed by atoms with Gasteiger partial charge in [0.15, 0.2) is 0 Å². The number of amides is 3. The molecule has 3 N–H and O–H groups in total. The fraction of sp³-hybridized carbons (Fsp3) is 0.741. The molecule has 0 fully saturated rings. The third-order valence-electron chi connectivity index (χ3n) is 11.3. The first-order chi connectivity index (χ1) is 31.4. The predicted molar refractivity (Wildman–Crippen MR) is 269 cm³/mol. The van der Waals surface area contributed by atoms with Crippen molar-refractivity contribution in [3.8, 4) is 11.5 Å². The lowest BCUT2D eigenvalue weighted by Gasteiger charge is -2.19. The number of hydrogen-bond acceptors (Lipinski definition) is 7. The van der Waals surface area contributed by atoms with E-state index in [1.165, 1.54) is 109 Å². The van der Waals surface area contributed by atoms with Gasteiger partial charge in [0, 0.05) is 50.4 Å². The summed E-state index contributed by atoms with van der Waals surface area (Å²) in [5.74, 6) is 0.714. The van der Waals surface area contributed by atoms with Gasteiger partial charge in [0.05, 0.1) is 20.3 Å². The number of benzene rings is 1. The van der Waals surface area contributed by atoms with E-state index >= 15 is 0 Å². The molecule has 1 aromatic carbocycles. The van der Waals surface area contributed by atoms with Crippen LogP contribution in [0.25, 0.3) is 0 Å². The Bertz CT molecular complexity index is 1360. The number of hydrogen-bond donors (Lipinski definition) is 3. The Hall–Kier alpha value is -3.66. The van der Waals surface area contributed by atoms with Crippen molar-refractivity contribution in [1.29, 1.82) is 0 Å². The second-order valence-corrected chi connectivity index (χ2v) is 17.3. The Kier molecular flexibility index (Phi) is 40.6. The second kappa shape index (κ2) is 44.5. The highest BCUT2D eigenvalue weighted by Gasteiger charge is 2.21. The summed E-state index contributed by atoms with van der Waals surface area (Å²) in [5.41, 5.74) is 0.790. The van der Waals surface area contributed by atoms with Crippen molar-refractivity contribution < 1.29 is 28.6 Å². The smallest absolute Gasteiger partial charge is 0.244 e. The first kappa shape index (κ1) is 58.4. The van der Waals surface area contributed by atoms with E-state index in [1.54, 1.807) is 13.3 Å². The molecule has 1 aromatic rings. The lowest BCUT2D eigenvalue weighted by molar-refractivity contribution is -0.129. The van der Waals surface area contributed by atoms with E-state index in [9.17, 15) is 14.4 Å². The van der Waals surface area contributed by atoms with Crippen molar-refractivity contribution in [3.05, 3.63) is 48.1 Å². The summed E-state index contributed by atoms with van der Waals surface area (Å²) in [5, 5.41) is 8.72. The molecular weight excluding hydrogens is 801 g/mol. The molecular formula is C54H94N4O6. The van der Waals surface area contributed by atoms with E-state index in [-0.39, 0.29) is 30.8 Å². The Labute approximate surface area is 391 Å². The average molecular weight is 895 g/mol. The summed E-state index contributed by atoms with van der Waals surface area (Å²) >= 11 is 0. The second-order valence-electron chi connectivity index (χ2n) is 17.3. The molecule has 366 valence electrons. The van der Waals surface area contributed by atoms with E-state index < -0.39 is 6.04 Å². The molecule has 10 nitrogen and oxygen atoms in total. The Morgan fingerprint density at radius 2 is 1.11 bits per heavy atom. The molecule has 3 amide bonds. The van der Waals surface area contributed by atoms with E-state index in [2.05, 4.69) is 66.0 Å². The molecule has 0 bridgehead atoms. The van der Waals surface area contributed by atoms with Gasteiger partial charge in [-0.05, 0) is 82.8 Å². The molecule has 1 atom stereocenters. The van der Waals surface area contributed by atoms with Crippen LogP contribution in [0.3, 0.4) is 0 Å². The van der Waals surface area contributed by atoms with Crippen LogP contribution in [0.15, 0.2) is 47.5 Å². The first-order valence-electron chi connectivity index (χ1n) is 26.0. The Morgan fingerprint density at radius 3 is 1.64 bits per heavy atom. The van der Waals surface area contributed by atoms with Gasteiger partial charge in [0.2, 0.25) is 17.7 Å². The van der Waals surface area contributed by atoms with E-state index in [0.29, 0.717) is 50.7 Å². The summed E-state index contributed by atoms with van der Waals surface area (Å²) < 4.78 is 16.8. The van der Waals surface area contributed by atoms with Gasteiger partial charge in [-0.25, -0.2) is 0 Å². The molecule has 0 aliphatic carbocycles. The predicted octanol–water partition coefficient (Wildman–Crippen LogP) is 12.7. The third kappa shape index (κ3) is 35.7. The molecule has 0 aliphatic rings. The van der Waals surface area contributed by atoms with E-state index in [1.807, 2.05) is 18.2 Å². The zero-order chi connectivity index (χ0) is 46.4. The first-order valence-corrected chi connectivity index (χ1v) is 26.0. The molecule has 0 radical (unpaired) electrons. The fourth-order valence-electron chi connectivity index (χ4n) is 7.38. The number of rotatable bonds is 45. The third-order valence-corrected chi connectivity index (χ3v) is 11.3. The summed E-state index contributed by atoms with van der Waals surface area (Å²) in [6.45, 7) is 8.94. The molecule has 0 aromatic heterocycles. The van der Waals surface area contributed by atoms with Gasteiger partial charge in [0.25, 0.3) is 0 Å². The number of nitrogens with one attached hydrogen (secondary N) is 3. The molecule has 64 heavy (non-hydrogen) atoms. The lowest BCUT2D eigenvalue weighted by atomic mass is 10.1. The minimum atomic E-state index is -0.863. The summed E-state index contributed by atoms with van der Waals surface area (Å²) in [7, 11) is 1.60. The van der Waals surface area contributed by atoms with Gasteiger partial charge in [-0.1, -0.05) is 148 Å². The van der Waals surface area contributed by atoms with Crippen molar-refractivity contribution in [2.24, 2.45) is 4.99 Å². The maximum atomic E-state index is 13.3. The zero-order valence-corrected chi connectivity index (χ0v) is 41.3. The lowest BCUT2D eigenvalue weighted by Crippen LogP contribution is -2.53. The van der Waals surface area contributed by atoms with Crippen molar-refractivity contribution in [2.45, 2.75) is 213 Å². The van der Waals surface area contributed by atoms with Crippen LogP contribution >= 0.6 is 0 Å². The normalized spacial score (nSPS) is 12.1. The van der Waals surface area contributed by atoms with E-state index in [0.717, 1.165) is 69.8 Å². The van der Waals surface area contributed by atoms with Crippen LogP contribution in [0.2, 0.25) is 0 Å². The Morgan fingerprint density at radius 1 is 0.594 bits per heavy atom. The van der Waals surface area contributed by atoms with Crippen LogP contribution < -0.4 is 25.4 Å². The molecule has 1 rings (SSSR count). The van der Waals surface area contributed by atoms with Crippen molar-refractivity contribution in [3.63, 3.8) is 0 Å². The van der Waals surface area contributed by atoms with Crippen LogP contribution in [-0.4, -0.2) is 76.5 Å². The topological polar surface area (TPSA) is 127 Å². The zero-order valence-electron chi connectivity index (χ0n) is 41.3. The minimum Gasteiger partial charge on any atom is -0.496 e. The monoisotopic (exact) mass is 895 g/mol. The standard InChI is InChI=1S/C54H94N4O6/c1-5-8-10-12-14-16-18-20-22-24-26-28-30-32-34-36-52(59)57-47-50(58-53(60)37-35-33-31-29-27-25-23-21-19-17-15-13-11-9-6-2)54(61)56-41-40-55-46-48-38-39-49(45-51(48)62-4)64-44-43-63-42-7-3/h20-23,38-39,45-46,50H,5-19,24-37,40-44,47H2,1-4H3,(H,56,61)(H,57,59)(H,58,60)/b22-20-,23-21-,55-46-. The summed E-state index contributed by atoms with van der Waals surface area (Å²) in [6.07, 6.45) is 43.9. The number of unbranched alkanes of at least 4 members (excludes halogenated alkanes) is 22. The fourth-order valence-corrected chi connectivity index (χ4v) is 7.38. The minimum absolute atomic E-state index is 0.0491. The largest absolute Gasteiger partial charge is 0.496 e. The van der Waals surface area contributed by atoms with Crippen LogP contribution in [0.4, 0.5) is 0 Å². The van der Waals surface area contributed by atoms with Gasteiger partial charge in [-0.15, -0.1) is 0 Å². The van der Waals surface area contributed by atoms with Gasteiger partial charge < -0.3 is 30.2 Å². The average Bonchev–Trinajstić information content (AvgIpc) is 3.30. The van der Waals surface area contributed by atoms with Crippen LogP contribution in [0, 0.1) is 0 Å². The number of carbonyl (C=O) groups excluding carboxylic acids is 3. The molecule has 1 unspecified atom stereocenters. The van der Waals surface area contributed by atoms with Gasteiger partial charge in [-0.2, -0.15) is 0 Å². The van der Waals surface area contributed by atoms with Crippen LogP contribution in [0.5, 0.6) is 11.5 Å². The molecule has 0 saturated heterocycles. The van der Waals surface area contributed by atoms with Crippen molar-refractivity contribution in [2.75, 3.05) is 46.6 Å². The van der Waals surface area contributed by atoms with Crippen molar-refractivity contribution in [1.82, 2.24) is 16.0 Å². The van der Waals surface area contributed by atoms with Gasteiger partial charge in [0.1, 0.15) is 24.1 Å². The molecule has 0 heterocycles. The Balaban J connectivity index is 2.50. The van der Waals surface area contributed by atoms with Gasteiger partial charge in [-0.3, -0.25) is 19.4 Å². The number of carbonyl (C=O) groups is 3. The quantitative estimate of drug-likeness (QED) is 0.0340. The molecule has 10 heteroatoms. The van der Waals surface area contributed by atoms with Crippen LogP contribution in [0.1, 0.15) is 213 Å². The number of aliphatic imine (C=N–C) groups is 1. The SMILES string of the molecule is CCCCCCCC/C=C\CCCCCCCC(=O)NCC(NC(=O)CCCCCCC/C=C\CCCCCCCC)C(=O)NCC/N=C\c1ccc(OCCOCCC)cc1OC. The highest BCUT2D eigenvalue weighted by atomic mass is 16.5. The number of methoxy groups -OCH3 is 1. The molecule has 0 aliphatic heterocycles. The number of allylic oxidation sites excluding steroid dienone is 4. The highest BCUT2D eigenvalue weighted by Crippen LogP contribution is 2.23. The van der Waals surface area contributed by atoms with E-state index in [4.69, 9.17) is 14.2 Å². The maximum absolute atomic E-state index is 13.3. The summed E-state index contributed by atoms with van der Waals surface area (Å²) in [6, 6.07) is 4.70. The number of ether oxygens (including phenoxy) is 3.